The number of ether oxygens (including phenoxy) is 2. The molecule has 0 fully saturated rings. The summed E-state index contributed by atoms with van der Waals surface area (Å²) in [5.74, 6) is 0.942. The summed E-state index contributed by atoms with van der Waals surface area (Å²) in [7, 11) is 3.10. The van der Waals surface area contributed by atoms with E-state index in [1.165, 1.54) is 16.2 Å². The van der Waals surface area contributed by atoms with E-state index < -0.39 is 17.4 Å². The number of rotatable bonds is 9. The number of aromatic nitrogens is 4. The van der Waals surface area contributed by atoms with E-state index in [-0.39, 0.29) is 36.4 Å². The van der Waals surface area contributed by atoms with Gasteiger partial charge >= 0.3 is 5.69 Å². The highest BCUT2D eigenvalue weighted by Crippen LogP contribution is 2.17. The van der Waals surface area contributed by atoms with Crippen LogP contribution in [0.3, 0.4) is 0 Å². The monoisotopic (exact) mass is 444 g/mol. The molecule has 3 aromatic rings. The van der Waals surface area contributed by atoms with Crippen LogP contribution in [0.2, 0.25) is 0 Å². The number of hydrazone groups is 1. The van der Waals surface area contributed by atoms with E-state index in [1.807, 2.05) is 45.0 Å². The van der Waals surface area contributed by atoms with Crippen LogP contribution < -0.4 is 21.4 Å². The number of hydrogen-bond acceptors (Lipinski definition) is 8. The SMILES string of the molecule is COc1ccc(C(C)=NNc2nc3c(c(=O)[nH]c(=O)n3C)n2CC(O)COC(C)C)cc1. The highest BCUT2D eigenvalue weighted by atomic mass is 16.5. The van der Waals surface area contributed by atoms with Gasteiger partial charge in [-0.3, -0.25) is 14.3 Å². The standard InChI is InChI=1S/C21H28N6O5/c1-12(2)32-11-15(28)10-27-17-18(26(4)21(30)23-19(17)29)22-20(27)25-24-13(3)14-6-8-16(31-5)9-7-14/h6-9,12,15,28H,10-11H2,1-5H3,(H,22,25)(H,23,29,30). The Balaban J connectivity index is 1.98. The highest BCUT2D eigenvalue weighted by Gasteiger charge is 2.20. The number of methoxy groups -OCH3 is 1. The van der Waals surface area contributed by atoms with E-state index in [0.717, 1.165) is 11.3 Å². The van der Waals surface area contributed by atoms with Gasteiger partial charge in [0.05, 0.1) is 38.2 Å². The topological polar surface area (TPSA) is 136 Å². The Labute approximate surface area is 184 Å². The quantitative estimate of drug-likeness (QED) is 0.332. The van der Waals surface area contributed by atoms with Crippen LogP contribution in [0.25, 0.3) is 11.2 Å². The lowest BCUT2D eigenvalue weighted by Gasteiger charge is -2.16. The Kier molecular flexibility index (Phi) is 7.11. The molecule has 0 aliphatic rings. The minimum atomic E-state index is -0.904. The van der Waals surface area contributed by atoms with Crippen LogP contribution in [-0.2, 0) is 18.3 Å². The zero-order chi connectivity index (χ0) is 23.4. The average molecular weight is 444 g/mol. The zero-order valence-electron chi connectivity index (χ0n) is 18.7. The summed E-state index contributed by atoms with van der Waals surface area (Å²) in [6, 6.07) is 7.38. The van der Waals surface area contributed by atoms with Gasteiger partial charge in [-0.1, -0.05) is 0 Å². The Hall–Kier alpha value is -3.44. The van der Waals surface area contributed by atoms with Gasteiger partial charge < -0.3 is 19.1 Å². The molecule has 11 heteroatoms. The van der Waals surface area contributed by atoms with Crippen molar-refractivity contribution in [2.45, 2.75) is 39.5 Å². The number of benzene rings is 1. The first-order chi connectivity index (χ1) is 15.2. The number of aryl methyl sites for hydroxylation is 1. The average Bonchev–Trinajstić information content (AvgIpc) is 3.13. The number of nitrogens with one attached hydrogen (secondary N) is 2. The first-order valence-electron chi connectivity index (χ1n) is 10.1. The number of aliphatic hydroxyl groups is 1. The number of nitrogens with zero attached hydrogens (tertiary/aromatic N) is 4. The number of anilines is 1. The summed E-state index contributed by atoms with van der Waals surface area (Å²) in [5.41, 5.74) is 3.53. The van der Waals surface area contributed by atoms with Crippen LogP contribution in [0, 0.1) is 0 Å². The van der Waals surface area contributed by atoms with E-state index in [0.29, 0.717) is 5.71 Å². The number of imidazole rings is 1. The molecule has 172 valence electrons. The van der Waals surface area contributed by atoms with Gasteiger partial charge in [0.2, 0.25) is 5.95 Å². The van der Waals surface area contributed by atoms with Gasteiger partial charge in [0.25, 0.3) is 5.56 Å². The van der Waals surface area contributed by atoms with Gasteiger partial charge in [-0.2, -0.15) is 10.1 Å². The normalized spacial score (nSPS) is 13.0. The molecule has 0 amide bonds. The van der Waals surface area contributed by atoms with Crippen molar-refractivity contribution in [1.82, 2.24) is 19.1 Å². The van der Waals surface area contributed by atoms with Gasteiger partial charge in [0.1, 0.15) is 5.75 Å². The van der Waals surface area contributed by atoms with Crippen LogP contribution in [-0.4, -0.2) is 55.8 Å². The summed E-state index contributed by atoms with van der Waals surface area (Å²) in [4.78, 5) is 31.2. The Morgan fingerprint density at radius 2 is 1.97 bits per heavy atom. The molecular weight excluding hydrogens is 416 g/mol. The first kappa shape index (κ1) is 23.2. The van der Waals surface area contributed by atoms with Gasteiger partial charge in [0.15, 0.2) is 11.2 Å². The second-order valence-electron chi connectivity index (χ2n) is 7.61. The van der Waals surface area contributed by atoms with Crippen molar-refractivity contribution in [2.75, 3.05) is 19.1 Å². The second kappa shape index (κ2) is 9.79. The van der Waals surface area contributed by atoms with Crippen molar-refractivity contribution in [3.8, 4) is 5.75 Å². The molecule has 0 spiro atoms. The molecule has 1 aromatic carbocycles. The summed E-state index contributed by atoms with van der Waals surface area (Å²) < 4.78 is 13.4. The van der Waals surface area contributed by atoms with Crippen LogP contribution in [0.15, 0.2) is 39.0 Å². The summed E-state index contributed by atoms with van der Waals surface area (Å²) in [5, 5.41) is 14.8. The fourth-order valence-corrected chi connectivity index (χ4v) is 3.10. The van der Waals surface area contributed by atoms with Crippen LogP contribution >= 0.6 is 0 Å². The molecule has 1 atom stereocenters. The number of fused-ring (bicyclic) bond motifs is 1. The fourth-order valence-electron chi connectivity index (χ4n) is 3.10. The Bertz CT molecular complexity index is 1220. The molecule has 2 heterocycles. The maximum atomic E-state index is 12.5. The third-order valence-corrected chi connectivity index (χ3v) is 4.85. The molecule has 3 rings (SSSR count). The molecule has 2 aromatic heterocycles. The first-order valence-corrected chi connectivity index (χ1v) is 10.1. The Morgan fingerprint density at radius 3 is 2.59 bits per heavy atom. The summed E-state index contributed by atoms with van der Waals surface area (Å²) >= 11 is 0. The van der Waals surface area contributed by atoms with Crippen molar-refractivity contribution >= 4 is 22.8 Å². The van der Waals surface area contributed by atoms with E-state index in [2.05, 4.69) is 20.5 Å². The second-order valence-corrected chi connectivity index (χ2v) is 7.61. The highest BCUT2D eigenvalue weighted by molar-refractivity contribution is 5.99. The molecule has 32 heavy (non-hydrogen) atoms. The molecule has 0 aliphatic heterocycles. The third-order valence-electron chi connectivity index (χ3n) is 4.85. The maximum absolute atomic E-state index is 12.5. The van der Waals surface area contributed by atoms with Crippen molar-refractivity contribution in [1.29, 1.82) is 0 Å². The number of H-pyrrole nitrogens is 1. The zero-order valence-corrected chi connectivity index (χ0v) is 18.7. The van der Waals surface area contributed by atoms with E-state index >= 15 is 0 Å². The minimum absolute atomic E-state index is 0.0178. The number of aliphatic hydroxyl groups excluding tert-OH is 1. The number of aromatic amines is 1. The molecule has 0 saturated carbocycles. The van der Waals surface area contributed by atoms with Crippen molar-refractivity contribution < 1.29 is 14.6 Å². The largest absolute Gasteiger partial charge is 0.497 e. The molecule has 0 radical (unpaired) electrons. The molecule has 1 unspecified atom stereocenters. The van der Waals surface area contributed by atoms with Crippen LogP contribution in [0.4, 0.5) is 5.95 Å². The third kappa shape index (κ3) is 5.06. The van der Waals surface area contributed by atoms with E-state index in [9.17, 15) is 14.7 Å². The van der Waals surface area contributed by atoms with Crippen molar-refractivity contribution in [2.24, 2.45) is 12.1 Å². The van der Waals surface area contributed by atoms with E-state index in [4.69, 9.17) is 9.47 Å². The van der Waals surface area contributed by atoms with E-state index in [1.54, 1.807) is 7.11 Å². The molecule has 0 bridgehead atoms. The number of hydrogen-bond donors (Lipinski definition) is 3. The molecule has 3 N–H and O–H groups in total. The molecule has 11 nitrogen and oxygen atoms in total. The lowest BCUT2D eigenvalue weighted by atomic mass is 10.1. The summed E-state index contributed by atoms with van der Waals surface area (Å²) in [6.45, 7) is 5.64. The lowest BCUT2D eigenvalue weighted by molar-refractivity contribution is -0.000105. The van der Waals surface area contributed by atoms with Gasteiger partial charge in [-0.15, -0.1) is 0 Å². The van der Waals surface area contributed by atoms with Gasteiger partial charge in [-0.25, -0.2) is 10.2 Å². The predicted molar refractivity (Wildman–Crippen MR) is 122 cm³/mol. The van der Waals surface area contributed by atoms with Crippen LogP contribution in [0.1, 0.15) is 26.3 Å². The lowest BCUT2D eigenvalue weighted by Crippen LogP contribution is -2.30. The molecular formula is C21H28N6O5. The van der Waals surface area contributed by atoms with Crippen molar-refractivity contribution in [3.05, 3.63) is 50.7 Å². The predicted octanol–water partition coefficient (Wildman–Crippen LogP) is 1.05. The van der Waals surface area contributed by atoms with Gasteiger partial charge in [0, 0.05) is 7.05 Å². The fraction of sp³-hybridized carbons (Fsp3) is 0.429. The molecule has 0 saturated heterocycles. The smallest absolute Gasteiger partial charge is 0.329 e. The Morgan fingerprint density at radius 1 is 1.28 bits per heavy atom. The maximum Gasteiger partial charge on any atom is 0.329 e. The minimum Gasteiger partial charge on any atom is -0.497 e. The van der Waals surface area contributed by atoms with Crippen molar-refractivity contribution in [3.63, 3.8) is 0 Å². The van der Waals surface area contributed by atoms with Gasteiger partial charge in [-0.05, 0) is 50.6 Å². The molecule has 0 aliphatic carbocycles. The van der Waals surface area contributed by atoms with Crippen LogP contribution in [0.5, 0.6) is 5.75 Å². The summed E-state index contributed by atoms with van der Waals surface area (Å²) in [6.07, 6.45) is -0.957.